The Labute approximate surface area is 145 Å². The number of rotatable bonds is 6. The molecule has 2 fully saturated rings. The maximum atomic E-state index is 12.8. The SMILES string of the molecule is CO[C@H]1C[C@@H](Cn2ccc(N)n2)N(C(=O)Cc2cc(C3CC3)no2)C1. The van der Waals surface area contributed by atoms with Crippen LogP contribution in [0.15, 0.2) is 22.9 Å². The predicted molar refractivity (Wildman–Crippen MR) is 89.7 cm³/mol. The van der Waals surface area contributed by atoms with Crippen LogP contribution >= 0.6 is 0 Å². The number of methoxy groups -OCH3 is 1. The number of hydrogen-bond acceptors (Lipinski definition) is 6. The quantitative estimate of drug-likeness (QED) is 0.844. The maximum Gasteiger partial charge on any atom is 0.230 e. The number of aromatic nitrogens is 3. The van der Waals surface area contributed by atoms with Gasteiger partial charge in [-0.3, -0.25) is 9.48 Å². The van der Waals surface area contributed by atoms with Crippen molar-refractivity contribution in [2.45, 2.75) is 50.3 Å². The Morgan fingerprint density at radius 2 is 2.32 bits per heavy atom. The molecule has 1 aliphatic heterocycles. The summed E-state index contributed by atoms with van der Waals surface area (Å²) in [5.74, 6) is 1.67. The second kappa shape index (κ2) is 6.51. The fraction of sp³-hybridized carbons (Fsp3) is 0.588. The van der Waals surface area contributed by atoms with Gasteiger partial charge in [0.25, 0.3) is 0 Å². The van der Waals surface area contributed by atoms with Crippen molar-refractivity contribution >= 4 is 11.7 Å². The van der Waals surface area contributed by atoms with E-state index in [2.05, 4.69) is 10.3 Å². The van der Waals surface area contributed by atoms with Gasteiger partial charge in [-0.2, -0.15) is 5.10 Å². The summed E-state index contributed by atoms with van der Waals surface area (Å²) in [5, 5.41) is 8.30. The van der Waals surface area contributed by atoms with Crippen molar-refractivity contribution in [3.63, 3.8) is 0 Å². The van der Waals surface area contributed by atoms with Gasteiger partial charge in [0.05, 0.1) is 30.8 Å². The first-order valence-electron chi connectivity index (χ1n) is 8.69. The minimum absolute atomic E-state index is 0.0302. The van der Waals surface area contributed by atoms with Crippen molar-refractivity contribution in [3.8, 4) is 0 Å². The number of nitrogens with zero attached hydrogens (tertiary/aromatic N) is 4. The summed E-state index contributed by atoms with van der Waals surface area (Å²) >= 11 is 0. The minimum atomic E-state index is 0.0302. The molecule has 0 bridgehead atoms. The number of carbonyl (C=O) groups excluding carboxylic acids is 1. The molecule has 3 heterocycles. The zero-order chi connectivity index (χ0) is 17.4. The molecule has 0 aromatic carbocycles. The lowest BCUT2D eigenvalue weighted by Crippen LogP contribution is -2.39. The fourth-order valence-corrected chi connectivity index (χ4v) is 3.45. The molecule has 4 rings (SSSR count). The van der Waals surface area contributed by atoms with E-state index in [9.17, 15) is 4.79 Å². The zero-order valence-electron chi connectivity index (χ0n) is 14.3. The van der Waals surface area contributed by atoms with Gasteiger partial charge in [0.2, 0.25) is 5.91 Å². The number of likely N-dealkylation sites (tertiary alicyclic amines) is 1. The Morgan fingerprint density at radius 1 is 1.48 bits per heavy atom. The van der Waals surface area contributed by atoms with E-state index in [4.69, 9.17) is 15.0 Å². The van der Waals surface area contributed by atoms with E-state index in [0.29, 0.717) is 30.6 Å². The maximum absolute atomic E-state index is 12.8. The van der Waals surface area contributed by atoms with Gasteiger partial charge in [-0.05, 0) is 25.3 Å². The van der Waals surface area contributed by atoms with Gasteiger partial charge in [-0.1, -0.05) is 5.16 Å². The molecular formula is C17H23N5O3. The summed E-state index contributed by atoms with van der Waals surface area (Å²) in [5.41, 5.74) is 6.65. The molecule has 2 aliphatic rings. The molecule has 1 amide bonds. The number of amides is 1. The summed E-state index contributed by atoms with van der Waals surface area (Å²) in [4.78, 5) is 14.7. The smallest absolute Gasteiger partial charge is 0.230 e. The van der Waals surface area contributed by atoms with Gasteiger partial charge in [0, 0.05) is 31.8 Å². The Bertz CT molecular complexity index is 751. The van der Waals surface area contributed by atoms with E-state index in [0.717, 1.165) is 25.0 Å². The van der Waals surface area contributed by atoms with Crippen LogP contribution in [0.1, 0.15) is 36.6 Å². The van der Waals surface area contributed by atoms with Crippen LogP contribution in [0.5, 0.6) is 0 Å². The van der Waals surface area contributed by atoms with E-state index in [1.54, 1.807) is 17.9 Å². The van der Waals surface area contributed by atoms with Crippen LogP contribution in [-0.2, 0) is 22.5 Å². The van der Waals surface area contributed by atoms with Crippen LogP contribution in [0.3, 0.4) is 0 Å². The second-order valence-corrected chi connectivity index (χ2v) is 6.93. The summed E-state index contributed by atoms with van der Waals surface area (Å²) in [7, 11) is 1.68. The molecular weight excluding hydrogens is 322 g/mol. The monoisotopic (exact) mass is 345 g/mol. The molecule has 2 aromatic heterocycles. The Kier molecular flexibility index (Phi) is 4.20. The minimum Gasteiger partial charge on any atom is -0.382 e. The molecule has 2 atom stereocenters. The zero-order valence-corrected chi connectivity index (χ0v) is 14.3. The van der Waals surface area contributed by atoms with Crippen LogP contribution in [0, 0.1) is 0 Å². The van der Waals surface area contributed by atoms with Crippen molar-refractivity contribution in [2.24, 2.45) is 0 Å². The van der Waals surface area contributed by atoms with Crippen LogP contribution in [0.25, 0.3) is 0 Å². The molecule has 0 spiro atoms. The third kappa shape index (κ3) is 3.53. The average molecular weight is 345 g/mol. The van der Waals surface area contributed by atoms with Gasteiger partial charge in [0.15, 0.2) is 0 Å². The average Bonchev–Trinajstić information content (AvgIpc) is 3.00. The van der Waals surface area contributed by atoms with E-state index >= 15 is 0 Å². The third-order valence-electron chi connectivity index (χ3n) is 4.99. The highest BCUT2D eigenvalue weighted by atomic mass is 16.5. The van der Waals surface area contributed by atoms with Crippen molar-refractivity contribution in [1.29, 1.82) is 0 Å². The molecule has 1 saturated heterocycles. The second-order valence-electron chi connectivity index (χ2n) is 6.93. The first-order chi connectivity index (χ1) is 12.1. The summed E-state index contributed by atoms with van der Waals surface area (Å²) < 4.78 is 12.6. The van der Waals surface area contributed by atoms with Crippen molar-refractivity contribution < 1.29 is 14.1 Å². The number of anilines is 1. The standard InChI is InChI=1S/C17H23N5O3/c1-24-14-6-12(9-21-5-4-16(18)19-21)22(10-14)17(23)8-13-7-15(20-25-13)11-2-3-11/h4-5,7,11-12,14H,2-3,6,8-10H2,1H3,(H2,18,19)/t12-,14-/m0/s1. The Balaban J connectivity index is 1.43. The number of nitrogen functional groups attached to an aromatic ring is 1. The summed E-state index contributed by atoms with van der Waals surface area (Å²) in [6.45, 7) is 1.19. The highest BCUT2D eigenvalue weighted by Gasteiger charge is 2.36. The molecule has 8 nitrogen and oxygen atoms in total. The van der Waals surface area contributed by atoms with Gasteiger partial charge in [0.1, 0.15) is 11.6 Å². The molecule has 1 aliphatic carbocycles. The Hall–Kier alpha value is -2.35. The van der Waals surface area contributed by atoms with Gasteiger partial charge >= 0.3 is 0 Å². The molecule has 2 N–H and O–H groups in total. The molecule has 2 aromatic rings. The van der Waals surface area contributed by atoms with Crippen molar-refractivity contribution in [1.82, 2.24) is 19.8 Å². The van der Waals surface area contributed by atoms with Gasteiger partial charge in [-0.25, -0.2) is 0 Å². The van der Waals surface area contributed by atoms with Crippen LogP contribution in [0.4, 0.5) is 5.82 Å². The highest BCUT2D eigenvalue weighted by molar-refractivity contribution is 5.79. The normalized spacial score (nSPS) is 23.3. The first-order valence-corrected chi connectivity index (χ1v) is 8.69. The molecule has 1 saturated carbocycles. The predicted octanol–water partition coefficient (Wildman–Crippen LogP) is 1.19. The lowest BCUT2D eigenvalue weighted by Gasteiger charge is -2.24. The first kappa shape index (κ1) is 16.1. The molecule has 134 valence electrons. The van der Waals surface area contributed by atoms with E-state index in [-0.39, 0.29) is 24.5 Å². The number of hydrogen-bond donors (Lipinski definition) is 1. The van der Waals surface area contributed by atoms with Crippen LogP contribution in [-0.4, -0.2) is 51.5 Å². The Morgan fingerprint density at radius 3 is 3.00 bits per heavy atom. The largest absolute Gasteiger partial charge is 0.382 e. The van der Waals surface area contributed by atoms with Gasteiger partial charge in [-0.15, -0.1) is 0 Å². The highest BCUT2D eigenvalue weighted by Crippen LogP contribution is 2.39. The molecule has 25 heavy (non-hydrogen) atoms. The molecule has 0 radical (unpaired) electrons. The van der Waals surface area contributed by atoms with E-state index < -0.39 is 0 Å². The summed E-state index contributed by atoms with van der Waals surface area (Å²) in [6, 6.07) is 3.70. The number of nitrogens with two attached hydrogens (primary N) is 1. The van der Waals surface area contributed by atoms with Crippen molar-refractivity contribution in [3.05, 3.63) is 29.8 Å². The lowest BCUT2D eigenvalue weighted by atomic mass is 10.2. The number of carbonyl (C=O) groups is 1. The van der Waals surface area contributed by atoms with E-state index in [1.807, 2.05) is 17.2 Å². The number of ether oxygens (including phenoxy) is 1. The molecule has 0 unspecified atom stereocenters. The van der Waals surface area contributed by atoms with Gasteiger partial charge < -0.3 is 19.9 Å². The topological polar surface area (TPSA) is 99.4 Å². The summed E-state index contributed by atoms with van der Waals surface area (Å²) in [6.07, 6.45) is 5.21. The lowest BCUT2D eigenvalue weighted by molar-refractivity contribution is -0.132. The van der Waals surface area contributed by atoms with Crippen LogP contribution in [0.2, 0.25) is 0 Å². The van der Waals surface area contributed by atoms with Crippen LogP contribution < -0.4 is 5.73 Å². The van der Waals surface area contributed by atoms with Crippen molar-refractivity contribution in [2.75, 3.05) is 19.4 Å². The molecule has 8 heteroatoms. The van der Waals surface area contributed by atoms with E-state index in [1.165, 1.54) is 0 Å². The third-order valence-corrected chi connectivity index (χ3v) is 4.99. The fourth-order valence-electron chi connectivity index (χ4n) is 3.45.